The van der Waals surface area contributed by atoms with Gasteiger partial charge >= 0.3 is 0 Å². The molecule has 1 N–H and O–H groups in total. The van der Waals surface area contributed by atoms with E-state index < -0.39 is 0 Å². The number of H-pyrrole nitrogens is 1. The molecule has 0 bridgehead atoms. The normalized spacial score (nSPS) is 18.2. The first kappa shape index (κ1) is 12.3. The number of rotatable bonds is 3. The lowest BCUT2D eigenvalue weighted by molar-refractivity contribution is 0.959. The first-order valence-electron chi connectivity index (χ1n) is 7.12. The monoisotopic (exact) mass is 330 g/mol. The van der Waals surface area contributed by atoms with Gasteiger partial charge in [0.1, 0.15) is 10.3 Å². The summed E-state index contributed by atoms with van der Waals surface area (Å²) in [5.41, 5.74) is 3.22. The second kappa shape index (κ2) is 4.55. The lowest BCUT2D eigenvalue weighted by atomic mass is 10.1. The Bertz CT molecular complexity index is 712. The Morgan fingerprint density at radius 1 is 1.05 bits per heavy atom. The van der Waals surface area contributed by atoms with Gasteiger partial charge in [-0.1, -0.05) is 24.3 Å². The third-order valence-electron chi connectivity index (χ3n) is 4.09. The lowest BCUT2D eigenvalue weighted by Gasteiger charge is -2.07. The van der Waals surface area contributed by atoms with Gasteiger partial charge in [-0.15, -0.1) is 0 Å². The standard InChI is InChI=1S/C16H15BrN2O/c17-13-14(11-5-6-11)18-15(19-16(13)20)12-7-3-10(4-8-12)9-1-2-9/h3-4,7-9,11H,1-2,5-6H2,(H,18,19,20). The molecule has 20 heavy (non-hydrogen) atoms. The van der Waals surface area contributed by atoms with E-state index in [1.807, 2.05) is 0 Å². The maximum atomic E-state index is 12.0. The van der Waals surface area contributed by atoms with E-state index in [9.17, 15) is 4.79 Å². The van der Waals surface area contributed by atoms with Crippen LogP contribution in [-0.4, -0.2) is 9.97 Å². The summed E-state index contributed by atoms with van der Waals surface area (Å²) in [6, 6.07) is 8.45. The smallest absolute Gasteiger partial charge is 0.265 e. The average molecular weight is 331 g/mol. The minimum atomic E-state index is -0.0804. The van der Waals surface area contributed by atoms with Crippen LogP contribution in [0.3, 0.4) is 0 Å². The zero-order valence-electron chi connectivity index (χ0n) is 11.0. The zero-order valence-corrected chi connectivity index (χ0v) is 12.6. The summed E-state index contributed by atoms with van der Waals surface area (Å²) in [6.45, 7) is 0. The highest BCUT2D eigenvalue weighted by molar-refractivity contribution is 9.10. The van der Waals surface area contributed by atoms with Gasteiger partial charge in [-0.3, -0.25) is 4.79 Å². The van der Waals surface area contributed by atoms with Gasteiger partial charge in [-0.05, 0) is 53.1 Å². The molecule has 1 aromatic heterocycles. The fourth-order valence-corrected chi connectivity index (χ4v) is 3.08. The van der Waals surface area contributed by atoms with Crippen molar-refractivity contribution in [3.8, 4) is 11.4 Å². The molecular weight excluding hydrogens is 316 g/mol. The Morgan fingerprint density at radius 2 is 1.70 bits per heavy atom. The molecule has 2 aliphatic rings. The van der Waals surface area contributed by atoms with Crippen LogP contribution in [0.15, 0.2) is 33.5 Å². The number of aromatic nitrogens is 2. The van der Waals surface area contributed by atoms with E-state index in [2.05, 4.69) is 50.2 Å². The molecule has 102 valence electrons. The van der Waals surface area contributed by atoms with Crippen molar-refractivity contribution >= 4 is 15.9 Å². The second-order valence-corrected chi connectivity index (χ2v) is 6.58. The molecule has 3 nitrogen and oxygen atoms in total. The Balaban J connectivity index is 1.75. The van der Waals surface area contributed by atoms with E-state index in [-0.39, 0.29) is 5.56 Å². The quantitative estimate of drug-likeness (QED) is 0.925. The minimum Gasteiger partial charge on any atom is -0.306 e. The molecule has 0 radical (unpaired) electrons. The van der Waals surface area contributed by atoms with Gasteiger partial charge in [-0.2, -0.15) is 0 Å². The summed E-state index contributed by atoms with van der Waals surface area (Å²) in [4.78, 5) is 19.5. The Labute approximate surface area is 125 Å². The van der Waals surface area contributed by atoms with E-state index in [1.54, 1.807) is 0 Å². The summed E-state index contributed by atoms with van der Waals surface area (Å²) in [7, 11) is 0. The number of nitrogens with zero attached hydrogens (tertiary/aromatic N) is 1. The molecule has 4 rings (SSSR count). The van der Waals surface area contributed by atoms with Crippen LogP contribution in [0.25, 0.3) is 11.4 Å². The van der Waals surface area contributed by atoms with Crippen LogP contribution in [0.1, 0.15) is 48.8 Å². The van der Waals surface area contributed by atoms with E-state index in [1.165, 1.54) is 18.4 Å². The summed E-state index contributed by atoms with van der Waals surface area (Å²) >= 11 is 3.36. The van der Waals surface area contributed by atoms with Crippen LogP contribution < -0.4 is 5.56 Å². The van der Waals surface area contributed by atoms with Crippen LogP contribution in [-0.2, 0) is 0 Å². The maximum absolute atomic E-state index is 12.0. The van der Waals surface area contributed by atoms with E-state index in [0.29, 0.717) is 16.2 Å². The number of nitrogens with one attached hydrogen (secondary N) is 1. The molecule has 0 aliphatic heterocycles. The number of aromatic amines is 1. The molecule has 0 amide bonds. The molecule has 4 heteroatoms. The number of benzene rings is 1. The van der Waals surface area contributed by atoms with Crippen molar-refractivity contribution in [1.29, 1.82) is 0 Å². The van der Waals surface area contributed by atoms with Gasteiger partial charge in [-0.25, -0.2) is 4.98 Å². The lowest BCUT2D eigenvalue weighted by Crippen LogP contribution is -2.13. The predicted molar refractivity (Wildman–Crippen MR) is 81.9 cm³/mol. The minimum absolute atomic E-state index is 0.0804. The van der Waals surface area contributed by atoms with Crippen LogP contribution in [0.4, 0.5) is 0 Å². The number of halogens is 1. The Kier molecular flexibility index (Phi) is 2.81. The molecule has 2 fully saturated rings. The van der Waals surface area contributed by atoms with Crippen molar-refractivity contribution < 1.29 is 0 Å². The second-order valence-electron chi connectivity index (χ2n) is 5.78. The SMILES string of the molecule is O=c1[nH]c(-c2ccc(C3CC3)cc2)nc(C2CC2)c1Br. The van der Waals surface area contributed by atoms with Crippen LogP contribution >= 0.6 is 15.9 Å². The third kappa shape index (κ3) is 2.22. The van der Waals surface area contributed by atoms with Gasteiger partial charge in [0.15, 0.2) is 0 Å². The molecule has 0 unspecified atom stereocenters. The van der Waals surface area contributed by atoms with E-state index in [0.717, 1.165) is 30.0 Å². The highest BCUT2D eigenvalue weighted by atomic mass is 79.9. The fourth-order valence-electron chi connectivity index (χ4n) is 2.57. The number of hydrogen-bond donors (Lipinski definition) is 1. The largest absolute Gasteiger partial charge is 0.306 e. The van der Waals surface area contributed by atoms with Crippen molar-refractivity contribution in [2.75, 3.05) is 0 Å². The first-order valence-corrected chi connectivity index (χ1v) is 7.92. The van der Waals surface area contributed by atoms with Gasteiger partial charge in [0.05, 0.1) is 5.69 Å². The van der Waals surface area contributed by atoms with Gasteiger partial charge in [0.25, 0.3) is 5.56 Å². The van der Waals surface area contributed by atoms with E-state index >= 15 is 0 Å². The van der Waals surface area contributed by atoms with Crippen molar-refractivity contribution in [3.05, 3.63) is 50.3 Å². The van der Waals surface area contributed by atoms with Crippen molar-refractivity contribution in [2.45, 2.75) is 37.5 Å². The van der Waals surface area contributed by atoms with Crippen molar-refractivity contribution in [1.82, 2.24) is 9.97 Å². The fraction of sp³-hybridized carbons (Fsp3) is 0.375. The van der Waals surface area contributed by atoms with Gasteiger partial charge in [0, 0.05) is 11.5 Å². The Morgan fingerprint density at radius 3 is 2.30 bits per heavy atom. The molecule has 0 spiro atoms. The Hall–Kier alpha value is -1.42. The van der Waals surface area contributed by atoms with Crippen LogP contribution in [0, 0.1) is 0 Å². The molecule has 0 saturated heterocycles. The van der Waals surface area contributed by atoms with Crippen LogP contribution in [0.2, 0.25) is 0 Å². The summed E-state index contributed by atoms with van der Waals surface area (Å²) < 4.78 is 0.596. The topological polar surface area (TPSA) is 45.8 Å². The molecule has 2 aliphatic carbocycles. The van der Waals surface area contributed by atoms with Crippen molar-refractivity contribution in [3.63, 3.8) is 0 Å². The average Bonchev–Trinajstić information content (AvgIpc) is 3.34. The molecule has 2 saturated carbocycles. The molecule has 1 aromatic carbocycles. The van der Waals surface area contributed by atoms with Gasteiger partial charge in [0.2, 0.25) is 0 Å². The number of hydrogen-bond acceptors (Lipinski definition) is 2. The molecule has 0 atom stereocenters. The highest BCUT2D eigenvalue weighted by Gasteiger charge is 2.29. The molecule has 1 heterocycles. The molecule has 2 aromatic rings. The van der Waals surface area contributed by atoms with Crippen LogP contribution in [0.5, 0.6) is 0 Å². The van der Waals surface area contributed by atoms with Gasteiger partial charge < -0.3 is 4.98 Å². The highest BCUT2D eigenvalue weighted by Crippen LogP contribution is 2.42. The summed E-state index contributed by atoms with van der Waals surface area (Å²) in [5.74, 6) is 1.89. The summed E-state index contributed by atoms with van der Waals surface area (Å²) in [6.07, 6.45) is 4.88. The zero-order chi connectivity index (χ0) is 13.7. The molecular formula is C16H15BrN2O. The summed E-state index contributed by atoms with van der Waals surface area (Å²) in [5, 5.41) is 0. The van der Waals surface area contributed by atoms with Crippen molar-refractivity contribution in [2.24, 2.45) is 0 Å². The predicted octanol–water partition coefficient (Wildman–Crippen LogP) is 3.95. The third-order valence-corrected chi connectivity index (χ3v) is 4.85. The first-order chi connectivity index (χ1) is 9.72. The maximum Gasteiger partial charge on any atom is 0.265 e. The van der Waals surface area contributed by atoms with E-state index in [4.69, 9.17) is 0 Å².